The van der Waals surface area contributed by atoms with Crippen molar-refractivity contribution in [3.05, 3.63) is 36.4 Å². The monoisotopic (exact) mass is 412 g/mol. The molecule has 4 rings (SSSR count). The van der Waals surface area contributed by atoms with E-state index in [0.29, 0.717) is 23.0 Å². The third kappa shape index (κ3) is 5.06. The zero-order chi connectivity index (χ0) is 20.1. The van der Waals surface area contributed by atoms with Gasteiger partial charge in [-0.25, -0.2) is 0 Å². The van der Waals surface area contributed by atoms with E-state index in [4.69, 9.17) is 21.9 Å². The van der Waals surface area contributed by atoms with Crippen molar-refractivity contribution < 1.29 is 4.74 Å². The Morgan fingerprint density at radius 3 is 2.41 bits per heavy atom. The second-order valence-electron chi connectivity index (χ2n) is 7.48. The SMILES string of the molecule is COc1cc(N2CCN(c3ccccc3)CC2)nc(NC(=S)NC2CCCC2)n1. The van der Waals surface area contributed by atoms with Gasteiger partial charge in [0.2, 0.25) is 11.8 Å². The molecule has 7 nitrogen and oxygen atoms in total. The van der Waals surface area contributed by atoms with Crippen LogP contribution in [0.4, 0.5) is 17.5 Å². The molecule has 0 atom stereocenters. The van der Waals surface area contributed by atoms with Gasteiger partial charge in [-0.3, -0.25) is 0 Å². The molecule has 1 saturated heterocycles. The average Bonchev–Trinajstić information content (AvgIpc) is 3.27. The van der Waals surface area contributed by atoms with Crippen LogP contribution in [0.15, 0.2) is 36.4 Å². The number of methoxy groups -OCH3 is 1. The van der Waals surface area contributed by atoms with Crippen molar-refractivity contribution >= 4 is 34.8 Å². The summed E-state index contributed by atoms with van der Waals surface area (Å²) in [6, 6.07) is 12.9. The second kappa shape index (κ2) is 9.26. The molecule has 1 aromatic heterocycles. The van der Waals surface area contributed by atoms with E-state index in [-0.39, 0.29) is 0 Å². The van der Waals surface area contributed by atoms with Crippen molar-refractivity contribution in [2.45, 2.75) is 31.7 Å². The van der Waals surface area contributed by atoms with Gasteiger partial charge in [-0.1, -0.05) is 31.0 Å². The molecule has 0 radical (unpaired) electrons. The molecule has 0 unspecified atom stereocenters. The smallest absolute Gasteiger partial charge is 0.234 e. The number of thiocarbonyl (C=S) groups is 1. The first-order valence-electron chi connectivity index (χ1n) is 10.3. The van der Waals surface area contributed by atoms with Crippen molar-refractivity contribution in [3.63, 3.8) is 0 Å². The molecule has 1 aliphatic heterocycles. The first-order valence-corrected chi connectivity index (χ1v) is 10.7. The molecule has 2 N–H and O–H groups in total. The van der Waals surface area contributed by atoms with Crippen LogP contribution in [0.3, 0.4) is 0 Å². The molecular weight excluding hydrogens is 384 g/mol. The molecule has 2 heterocycles. The van der Waals surface area contributed by atoms with Gasteiger partial charge in [0.05, 0.1) is 7.11 Å². The highest BCUT2D eigenvalue weighted by Crippen LogP contribution is 2.23. The highest BCUT2D eigenvalue weighted by molar-refractivity contribution is 7.80. The van der Waals surface area contributed by atoms with Crippen molar-refractivity contribution in [1.82, 2.24) is 15.3 Å². The van der Waals surface area contributed by atoms with Gasteiger partial charge in [0.25, 0.3) is 0 Å². The van der Waals surface area contributed by atoms with Crippen LogP contribution in [0.1, 0.15) is 25.7 Å². The summed E-state index contributed by atoms with van der Waals surface area (Å²) < 4.78 is 5.40. The topological polar surface area (TPSA) is 65.6 Å². The number of piperazine rings is 1. The molecule has 2 aromatic rings. The summed E-state index contributed by atoms with van der Waals surface area (Å²) in [6.07, 6.45) is 4.85. The van der Waals surface area contributed by atoms with Gasteiger partial charge in [0.1, 0.15) is 5.82 Å². The minimum absolute atomic E-state index is 0.450. The average molecular weight is 413 g/mol. The first-order chi connectivity index (χ1) is 14.2. The van der Waals surface area contributed by atoms with Crippen LogP contribution in [-0.2, 0) is 0 Å². The van der Waals surface area contributed by atoms with Crippen LogP contribution < -0.4 is 25.2 Å². The van der Waals surface area contributed by atoms with E-state index in [1.54, 1.807) is 7.11 Å². The third-order valence-corrected chi connectivity index (χ3v) is 5.76. The van der Waals surface area contributed by atoms with Crippen molar-refractivity contribution in [1.29, 1.82) is 0 Å². The summed E-state index contributed by atoms with van der Waals surface area (Å²) in [5, 5.41) is 7.08. The summed E-state index contributed by atoms with van der Waals surface area (Å²) in [5.41, 5.74) is 1.26. The van der Waals surface area contributed by atoms with Crippen LogP contribution in [-0.4, -0.2) is 54.4 Å². The molecule has 1 aliphatic carbocycles. The van der Waals surface area contributed by atoms with Gasteiger partial charge in [-0.05, 0) is 37.2 Å². The lowest BCUT2D eigenvalue weighted by atomic mass is 10.2. The number of anilines is 3. The maximum atomic E-state index is 5.46. The molecule has 1 aromatic carbocycles. The lowest BCUT2D eigenvalue weighted by molar-refractivity contribution is 0.397. The fraction of sp³-hybridized carbons (Fsp3) is 0.476. The summed E-state index contributed by atoms with van der Waals surface area (Å²) in [6.45, 7) is 3.67. The Bertz CT molecular complexity index is 819. The lowest BCUT2D eigenvalue weighted by Crippen LogP contribution is -2.47. The van der Waals surface area contributed by atoms with Crippen LogP contribution in [0, 0.1) is 0 Å². The number of para-hydroxylation sites is 1. The lowest BCUT2D eigenvalue weighted by Gasteiger charge is -2.36. The predicted molar refractivity (Wildman–Crippen MR) is 121 cm³/mol. The van der Waals surface area contributed by atoms with Crippen molar-refractivity contribution in [2.75, 3.05) is 48.4 Å². The van der Waals surface area contributed by atoms with Gasteiger partial charge in [-0.15, -0.1) is 0 Å². The molecule has 2 aliphatic rings. The quantitative estimate of drug-likeness (QED) is 0.727. The largest absolute Gasteiger partial charge is 0.481 e. The normalized spacial score (nSPS) is 17.3. The Morgan fingerprint density at radius 2 is 1.72 bits per heavy atom. The molecular formula is C21H28N6OS. The van der Waals surface area contributed by atoms with E-state index < -0.39 is 0 Å². The maximum Gasteiger partial charge on any atom is 0.234 e. The standard InChI is InChI=1S/C21H28N6OS/c1-28-19-15-18(23-20(24-19)25-21(29)22-16-7-5-6-8-16)27-13-11-26(12-14-27)17-9-3-2-4-10-17/h2-4,9-10,15-16H,5-8,11-14H2,1H3,(H2,22,23,24,25,29). The van der Waals surface area contributed by atoms with E-state index >= 15 is 0 Å². The minimum Gasteiger partial charge on any atom is -0.481 e. The van der Waals surface area contributed by atoms with Gasteiger partial charge in [0, 0.05) is 44.0 Å². The van der Waals surface area contributed by atoms with Gasteiger partial charge < -0.3 is 25.2 Å². The van der Waals surface area contributed by atoms with Crippen LogP contribution in [0.5, 0.6) is 5.88 Å². The second-order valence-corrected chi connectivity index (χ2v) is 7.89. The van der Waals surface area contributed by atoms with E-state index in [0.717, 1.165) is 44.8 Å². The number of benzene rings is 1. The molecule has 2 fully saturated rings. The number of nitrogens with one attached hydrogen (secondary N) is 2. The highest BCUT2D eigenvalue weighted by Gasteiger charge is 2.21. The van der Waals surface area contributed by atoms with Crippen LogP contribution in [0.2, 0.25) is 0 Å². The Kier molecular flexibility index (Phi) is 6.29. The summed E-state index contributed by atoms with van der Waals surface area (Å²) in [7, 11) is 1.62. The number of hydrogen-bond acceptors (Lipinski definition) is 6. The zero-order valence-corrected chi connectivity index (χ0v) is 17.6. The molecule has 29 heavy (non-hydrogen) atoms. The third-order valence-electron chi connectivity index (χ3n) is 5.54. The predicted octanol–water partition coefficient (Wildman–Crippen LogP) is 3.04. The Labute approximate surface area is 177 Å². The van der Waals surface area contributed by atoms with E-state index in [9.17, 15) is 0 Å². The van der Waals surface area contributed by atoms with Gasteiger partial charge in [-0.2, -0.15) is 9.97 Å². The Hall–Kier alpha value is -2.61. The van der Waals surface area contributed by atoms with E-state index in [1.807, 2.05) is 12.1 Å². The number of hydrogen-bond donors (Lipinski definition) is 2. The van der Waals surface area contributed by atoms with Gasteiger partial charge in [0.15, 0.2) is 5.11 Å². The van der Waals surface area contributed by atoms with Crippen molar-refractivity contribution in [3.8, 4) is 5.88 Å². The van der Waals surface area contributed by atoms with Crippen LogP contribution >= 0.6 is 12.2 Å². The number of ether oxygens (including phenoxy) is 1. The van der Waals surface area contributed by atoms with Gasteiger partial charge >= 0.3 is 0 Å². The molecule has 154 valence electrons. The minimum atomic E-state index is 0.450. The highest BCUT2D eigenvalue weighted by atomic mass is 32.1. The number of nitrogens with zero attached hydrogens (tertiary/aromatic N) is 4. The maximum absolute atomic E-state index is 5.46. The Morgan fingerprint density at radius 1 is 1.03 bits per heavy atom. The zero-order valence-electron chi connectivity index (χ0n) is 16.8. The van der Waals surface area contributed by atoms with E-state index in [2.05, 4.69) is 49.7 Å². The number of aromatic nitrogens is 2. The fourth-order valence-electron chi connectivity index (χ4n) is 3.96. The van der Waals surface area contributed by atoms with E-state index in [1.165, 1.54) is 18.5 Å². The summed E-state index contributed by atoms with van der Waals surface area (Å²) in [4.78, 5) is 13.8. The summed E-state index contributed by atoms with van der Waals surface area (Å²) in [5.74, 6) is 1.86. The first kappa shape index (κ1) is 19.7. The molecule has 8 heteroatoms. The molecule has 0 bridgehead atoms. The molecule has 1 saturated carbocycles. The summed E-state index contributed by atoms with van der Waals surface area (Å²) >= 11 is 5.46. The van der Waals surface area contributed by atoms with Crippen molar-refractivity contribution in [2.24, 2.45) is 0 Å². The fourth-order valence-corrected chi connectivity index (χ4v) is 4.22. The molecule has 0 spiro atoms. The van der Waals surface area contributed by atoms with Crippen LogP contribution in [0.25, 0.3) is 0 Å². The Balaban J connectivity index is 1.41. The molecule has 0 amide bonds. The number of rotatable bonds is 5.